The second-order valence-electron chi connectivity index (χ2n) is 8.68. The number of ether oxygens (including phenoxy) is 1. The molecule has 0 radical (unpaired) electrons. The average molecular weight is 452 g/mol. The molecular formula is C25H29N3O3S. The Bertz CT molecular complexity index is 1150. The number of hydrogen-bond acceptors (Lipinski definition) is 5. The Kier molecular flexibility index (Phi) is 6.13. The number of pyridine rings is 1. The number of nitrogens with zero attached hydrogens (tertiary/aromatic N) is 3. The molecule has 0 atom stereocenters. The normalized spacial score (nSPS) is 19.9. The topological polar surface area (TPSA) is 62.7 Å². The van der Waals surface area contributed by atoms with Gasteiger partial charge in [-0.25, -0.2) is 8.42 Å². The molecule has 5 rings (SSSR count). The molecular weight excluding hydrogens is 422 g/mol. The minimum Gasteiger partial charge on any atom is -0.490 e. The lowest BCUT2D eigenvalue weighted by atomic mass is 10.00. The number of hydrogen-bond donors (Lipinski definition) is 0. The number of fused-ring (bicyclic) bond motifs is 1. The van der Waals surface area contributed by atoms with Crippen LogP contribution in [0.1, 0.15) is 25.7 Å². The van der Waals surface area contributed by atoms with Gasteiger partial charge >= 0.3 is 0 Å². The van der Waals surface area contributed by atoms with Crippen LogP contribution in [0.15, 0.2) is 71.9 Å². The van der Waals surface area contributed by atoms with Gasteiger partial charge in [-0.2, -0.15) is 4.31 Å². The highest BCUT2D eigenvalue weighted by molar-refractivity contribution is 7.89. The first-order valence-corrected chi connectivity index (χ1v) is 12.8. The second kappa shape index (κ2) is 9.17. The van der Waals surface area contributed by atoms with Gasteiger partial charge in [0, 0.05) is 44.6 Å². The highest BCUT2D eigenvalue weighted by Crippen LogP contribution is 2.28. The molecule has 0 spiro atoms. The zero-order valence-corrected chi connectivity index (χ0v) is 19.0. The fraction of sp³-hybridized carbons (Fsp3) is 0.400. The molecule has 0 unspecified atom stereocenters. The first-order valence-electron chi connectivity index (χ1n) is 11.4. The SMILES string of the molecule is O=S(=O)(c1ccc2ccccc2c1)N1CCC(N2CCC(Oc3ccncc3)CC2)CC1. The van der Waals surface area contributed by atoms with Gasteiger partial charge in [-0.05, 0) is 60.7 Å². The molecule has 2 saturated heterocycles. The van der Waals surface area contributed by atoms with E-state index in [0.29, 0.717) is 24.0 Å². The van der Waals surface area contributed by atoms with Gasteiger partial charge in [-0.1, -0.05) is 30.3 Å². The van der Waals surface area contributed by atoms with Crippen molar-refractivity contribution in [2.75, 3.05) is 26.2 Å². The third-order valence-corrected chi connectivity index (χ3v) is 8.62. The first-order chi connectivity index (χ1) is 15.6. The van der Waals surface area contributed by atoms with Crippen molar-refractivity contribution in [3.8, 4) is 5.75 Å². The molecule has 0 saturated carbocycles. The zero-order chi connectivity index (χ0) is 22.0. The Balaban J connectivity index is 1.16. The summed E-state index contributed by atoms with van der Waals surface area (Å²) in [6.07, 6.45) is 7.50. The lowest BCUT2D eigenvalue weighted by Crippen LogP contribution is -2.50. The summed E-state index contributed by atoms with van der Waals surface area (Å²) < 4.78 is 34.2. The van der Waals surface area contributed by atoms with Gasteiger partial charge < -0.3 is 9.64 Å². The van der Waals surface area contributed by atoms with Crippen LogP contribution >= 0.6 is 0 Å². The van der Waals surface area contributed by atoms with E-state index in [0.717, 1.165) is 55.3 Å². The average Bonchev–Trinajstić information content (AvgIpc) is 2.85. The largest absolute Gasteiger partial charge is 0.490 e. The van der Waals surface area contributed by atoms with Crippen LogP contribution in [0.2, 0.25) is 0 Å². The fourth-order valence-corrected chi connectivity index (χ4v) is 6.40. The molecule has 32 heavy (non-hydrogen) atoms. The number of benzene rings is 2. The van der Waals surface area contributed by atoms with Gasteiger partial charge in [0.1, 0.15) is 11.9 Å². The summed E-state index contributed by atoms with van der Waals surface area (Å²) in [7, 11) is -3.46. The summed E-state index contributed by atoms with van der Waals surface area (Å²) in [5.74, 6) is 0.880. The van der Waals surface area contributed by atoms with E-state index in [9.17, 15) is 8.42 Å². The summed E-state index contributed by atoms with van der Waals surface area (Å²) in [6, 6.07) is 17.5. The van der Waals surface area contributed by atoms with Crippen molar-refractivity contribution in [1.29, 1.82) is 0 Å². The molecule has 3 aromatic rings. The number of sulfonamides is 1. The molecule has 6 nitrogen and oxygen atoms in total. The van der Waals surface area contributed by atoms with E-state index in [-0.39, 0.29) is 6.10 Å². The molecule has 2 fully saturated rings. The van der Waals surface area contributed by atoms with E-state index in [1.165, 1.54) is 0 Å². The lowest BCUT2D eigenvalue weighted by Gasteiger charge is -2.41. The second-order valence-corrected chi connectivity index (χ2v) is 10.6. The maximum absolute atomic E-state index is 13.2. The smallest absolute Gasteiger partial charge is 0.243 e. The fourth-order valence-electron chi connectivity index (χ4n) is 4.89. The van der Waals surface area contributed by atoms with Crippen molar-refractivity contribution in [3.63, 3.8) is 0 Å². The van der Waals surface area contributed by atoms with Crippen molar-refractivity contribution in [2.45, 2.75) is 42.7 Å². The van der Waals surface area contributed by atoms with Crippen LogP contribution in [0.25, 0.3) is 10.8 Å². The third-order valence-electron chi connectivity index (χ3n) is 6.73. The van der Waals surface area contributed by atoms with Crippen molar-refractivity contribution in [2.24, 2.45) is 0 Å². The summed E-state index contributed by atoms with van der Waals surface area (Å²) in [6.45, 7) is 3.15. The Morgan fingerprint density at radius 3 is 2.22 bits per heavy atom. The minimum atomic E-state index is -3.46. The Morgan fingerprint density at radius 1 is 0.812 bits per heavy atom. The van der Waals surface area contributed by atoms with Crippen molar-refractivity contribution >= 4 is 20.8 Å². The van der Waals surface area contributed by atoms with Crippen LogP contribution in [-0.4, -0.2) is 60.9 Å². The number of rotatable bonds is 5. The maximum Gasteiger partial charge on any atom is 0.243 e. The first kappa shape index (κ1) is 21.4. The quantitative estimate of drug-likeness (QED) is 0.588. The van der Waals surface area contributed by atoms with Crippen molar-refractivity contribution in [3.05, 3.63) is 67.0 Å². The third kappa shape index (κ3) is 4.51. The Morgan fingerprint density at radius 2 is 1.50 bits per heavy atom. The molecule has 2 aromatic carbocycles. The van der Waals surface area contributed by atoms with Crippen LogP contribution in [0, 0.1) is 0 Å². The summed E-state index contributed by atoms with van der Waals surface area (Å²) in [5, 5.41) is 2.02. The summed E-state index contributed by atoms with van der Waals surface area (Å²) in [5.41, 5.74) is 0. The van der Waals surface area contributed by atoms with E-state index in [2.05, 4.69) is 9.88 Å². The minimum absolute atomic E-state index is 0.238. The predicted molar refractivity (Wildman–Crippen MR) is 125 cm³/mol. The van der Waals surface area contributed by atoms with Crippen LogP contribution < -0.4 is 4.74 Å². The van der Waals surface area contributed by atoms with Crippen molar-refractivity contribution < 1.29 is 13.2 Å². The Labute approximate surface area is 189 Å². The highest BCUT2D eigenvalue weighted by atomic mass is 32.2. The van der Waals surface area contributed by atoms with E-state index >= 15 is 0 Å². The van der Waals surface area contributed by atoms with E-state index in [4.69, 9.17) is 4.74 Å². The number of likely N-dealkylation sites (tertiary alicyclic amines) is 1. The Hall–Kier alpha value is -2.48. The van der Waals surface area contributed by atoms with Crippen LogP contribution in [-0.2, 0) is 10.0 Å². The van der Waals surface area contributed by atoms with Crippen LogP contribution in [0.4, 0.5) is 0 Å². The molecule has 3 heterocycles. The molecule has 1 aromatic heterocycles. The van der Waals surface area contributed by atoms with Gasteiger partial charge in [0.2, 0.25) is 10.0 Å². The van der Waals surface area contributed by atoms with E-state index in [1.54, 1.807) is 28.8 Å². The molecule has 0 N–H and O–H groups in total. The van der Waals surface area contributed by atoms with Gasteiger partial charge in [-0.3, -0.25) is 4.98 Å². The standard InChI is InChI=1S/C25H29N3O3S/c29-32(30,25-6-5-20-3-1-2-4-21(20)19-25)28-17-9-22(10-18-28)27-15-11-24(12-16-27)31-23-7-13-26-14-8-23/h1-8,13-14,19,22,24H,9-12,15-18H2. The van der Waals surface area contributed by atoms with Gasteiger partial charge in [-0.15, -0.1) is 0 Å². The summed E-state index contributed by atoms with van der Waals surface area (Å²) in [4.78, 5) is 6.95. The highest BCUT2D eigenvalue weighted by Gasteiger charge is 2.33. The molecule has 2 aliphatic rings. The molecule has 168 valence electrons. The van der Waals surface area contributed by atoms with Crippen LogP contribution in [0.5, 0.6) is 5.75 Å². The van der Waals surface area contributed by atoms with Crippen molar-refractivity contribution in [1.82, 2.24) is 14.2 Å². The molecule has 0 amide bonds. The summed E-state index contributed by atoms with van der Waals surface area (Å²) >= 11 is 0. The number of piperidine rings is 2. The van der Waals surface area contributed by atoms with Gasteiger partial charge in [0.15, 0.2) is 0 Å². The zero-order valence-electron chi connectivity index (χ0n) is 18.1. The number of aromatic nitrogens is 1. The van der Waals surface area contributed by atoms with Gasteiger partial charge in [0.05, 0.1) is 4.90 Å². The maximum atomic E-state index is 13.2. The predicted octanol–water partition coefficient (Wildman–Crippen LogP) is 3.93. The molecule has 7 heteroatoms. The van der Waals surface area contributed by atoms with E-state index < -0.39 is 10.0 Å². The van der Waals surface area contributed by atoms with E-state index in [1.807, 2.05) is 42.5 Å². The molecule has 0 aliphatic carbocycles. The van der Waals surface area contributed by atoms with Gasteiger partial charge in [0.25, 0.3) is 0 Å². The molecule has 0 bridgehead atoms. The van der Waals surface area contributed by atoms with Crippen LogP contribution in [0.3, 0.4) is 0 Å². The lowest BCUT2D eigenvalue weighted by molar-refractivity contribution is 0.0585. The molecule has 2 aliphatic heterocycles. The monoisotopic (exact) mass is 451 g/mol.